The second-order valence-electron chi connectivity index (χ2n) is 4.62. The molecule has 0 aromatic carbocycles. The van der Waals surface area contributed by atoms with E-state index in [9.17, 15) is 14.9 Å². The molecule has 0 unspecified atom stereocenters. The van der Waals surface area contributed by atoms with E-state index in [-0.39, 0.29) is 16.0 Å². The number of aromatic nitrogens is 1. The van der Waals surface area contributed by atoms with E-state index < -0.39 is 5.03 Å². The second kappa shape index (κ2) is 3.51. The molecule has 16 heavy (non-hydrogen) atoms. The molecule has 0 bridgehead atoms. The molecule has 0 saturated carbocycles. The zero-order valence-electron chi connectivity index (χ0n) is 8.94. The largest absolute Gasteiger partial charge is 0.329 e. The van der Waals surface area contributed by atoms with Crippen LogP contribution in [0.3, 0.4) is 0 Å². The van der Waals surface area contributed by atoms with Crippen molar-refractivity contribution in [2.45, 2.75) is 26.7 Å². The van der Waals surface area contributed by atoms with E-state index >= 15 is 0 Å². The van der Waals surface area contributed by atoms with Gasteiger partial charge in [-0.15, -0.1) is 0 Å². The molecule has 86 valence electrons. The summed E-state index contributed by atoms with van der Waals surface area (Å²) in [7, 11) is 0. The summed E-state index contributed by atoms with van der Waals surface area (Å²) in [6, 6.07) is 0. The molecule has 0 spiro atoms. The van der Waals surface area contributed by atoms with Gasteiger partial charge < -0.3 is 4.98 Å². The van der Waals surface area contributed by atoms with Gasteiger partial charge in [0.25, 0.3) is 4.80 Å². The number of rotatable bonds is 1. The van der Waals surface area contributed by atoms with Crippen LogP contribution in [0.15, 0.2) is 5.10 Å². The third-order valence-electron chi connectivity index (χ3n) is 2.45. The van der Waals surface area contributed by atoms with E-state index in [0.29, 0.717) is 11.3 Å². The van der Waals surface area contributed by atoms with Crippen LogP contribution in [0, 0.1) is 15.5 Å². The molecular formula is C9H11N3O3S. The predicted octanol–water partition coefficient (Wildman–Crippen LogP) is 1.32. The fourth-order valence-corrected chi connectivity index (χ4v) is 2.80. The number of carbonyl (C=O) groups excluding carboxylic acids is 1. The highest BCUT2D eigenvalue weighted by atomic mass is 32.1. The van der Waals surface area contributed by atoms with Gasteiger partial charge in [-0.1, -0.05) is 25.2 Å². The molecule has 1 heterocycles. The molecule has 1 aliphatic carbocycles. The number of fused-ring (bicyclic) bond motifs is 1. The van der Waals surface area contributed by atoms with Gasteiger partial charge in [0.05, 0.1) is 9.98 Å². The molecule has 7 heteroatoms. The Balaban J connectivity index is 2.49. The SMILES string of the molecule is CC1(C)CC(=O)c2sc(=N[N+](=O)[O-])[nH]c2C1. The summed E-state index contributed by atoms with van der Waals surface area (Å²) >= 11 is 1.06. The average Bonchev–Trinajstić information content (AvgIpc) is 2.43. The maximum atomic E-state index is 11.8. The van der Waals surface area contributed by atoms with E-state index in [4.69, 9.17) is 0 Å². The number of aromatic amines is 1. The Labute approximate surface area is 95.2 Å². The van der Waals surface area contributed by atoms with Gasteiger partial charge in [0.2, 0.25) is 0 Å². The van der Waals surface area contributed by atoms with Gasteiger partial charge in [-0.05, 0) is 11.8 Å². The van der Waals surface area contributed by atoms with Crippen molar-refractivity contribution in [3.63, 3.8) is 0 Å². The van der Waals surface area contributed by atoms with Crippen LogP contribution < -0.4 is 4.80 Å². The third-order valence-corrected chi connectivity index (χ3v) is 3.51. The number of carbonyl (C=O) groups is 1. The lowest BCUT2D eigenvalue weighted by atomic mass is 9.78. The highest BCUT2D eigenvalue weighted by Crippen LogP contribution is 2.34. The highest BCUT2D eigenvalue weighted by molar-refractivity contribution is 7.11. The van der Waals surface area contributed by atoms with Crippen LogP contribution in [0.25, 0.3) is 0 Å². The minimum atomic E-state index is -0.761. The van der Waals surface area contributed by atoms with Crippen LogP contribution in [0.2, 0.25) is 0 Å². The summed E-state index contributed by atoms with van der Waals surface area (Å²) in [6.07, 6.45) is 1.20. The summed E-state index contributed by atoms with van der Waals surface area (Å²) in [5.74, 6) is 0.0392. The molecule has 0 fully saturated rings. The molecule has 0 aliphatic heterocycles. The van der Waals surface area contributed by atoms with Gasteiger partial charge in [-0.2, -0.15) is 0 Å². The van der Waals surface area contributed by atoms with Gasteiger partial charge in [-0.3, -0.25) is 4.79 Å². The first-order chi connectivity index (χ1) is 7.37. The van der Waals surface area contributed by atoms with Crippen LogP contribution in [-0.2, 0) is 6.42 Å². The summed E-state index contributed by atoms with van der Waals surface area (Å²) in [4.78, 5) is 25.6. The van der Waals surface area contributed by atoms with Gasteiger partial charge in [0.15, 0.2) is 10.8 Å². The number of nitro groups is 1. The van der Waals surface area contributed by atoms with Crippen molar-refractivity contribution in [3.8, 4) is 0 Å². The fraction of sp³-hybridized carbons (Fsp3) is 0.556. The molecule has 0 amide bonds. The van der Waals surface area contributed by atoms with E-state index in [0.717, 1.165) is 23.5 Å². The molecule has 0 saturated heterocycles. The average molecular weight is 241 g/mol. The quantitative estimate of drug-likeness (QED) is 0.594. The number of nitrogens with zero attached hydrogens (tertiary/aromatic N) is 2. The fourth-order valence-electron chi connectivity index (χ4n) is 1.89. The normalized spacial score (nSPS) is 19.6. The van der Waals surface area contributed by atoms with Crippen LogP contribution >= 0.6 is 11.3 Å². The molecule has 1 aromatic heterocycles. The number of ketones is 1. The summed E-state index contributed by atoms with van der Waals surface area (Å²) in [5, 5.41) is 12.7. The summed E-state index contributed by atoms with van der Waals surface area (Å²) < 4.78 is 0. The number of nitrogens with one attached hydrogen (secondary N) is 1. The lowest BCUT2D eigenvalue weighted by Gasteiger charge is -2.27. The topological polar surface area (TPSA) is 88.4 Å². The second-order valence-corrected chi connectivity index (χ2v) is 5.62. The van der Waals surface area contributed by atoms with Crippen LogP contribution in [0.5, 0.6) is 0 Å². The molecule has 1 aromatic rings. The Bertz CT molecular complexity index is 526. The molecule has 0 atom stereocenters. The standard InChI is InChI=1S/C9H11N3O3S/c1-9(2)3-5-7(6(13)4-9)16-8(10-5)11-12(14)15/h3-4H2,1-2H3,(H,10,11). The van der Waals surface area contributed by atoms with Crippen molar-refractivity contribution in [1.82, 2.24) is 4.98 Å². The van der Waals surface area contributed by atoms with Gasteiger partial charge in [0, 0.05) is 12.1 Å². The third kappa shape index (κ3) is 2.04. The van der Waals surface area contributed by atoms with Crippen molar-refractivity contribution >= 4 is 17.1 Å². The first-order valence-electron chi connectivity index (χ1n) is 4.82. The summed E-state index contributed by atoms with van der Waals surface area (Å²) in [5.41, 5.74) is 0.680. The van der Waals surface area contributed by atoms with Crippen LogP contribution in [0.1, 0.15) is 35.6 Å². The predicted molar refractivity (Wildman–Crippen MR) is 57.7 cm³/mol. The first-order valence-corrected chi connectivity index (χ1v) is 5.63. The molecule has 0 radical (unpaired) electrons. The smallest absolute Gasteiger partial charge is 0.260 e. The number of Topliss-reactive ketones (excluding diaryl/α,β-unsaturated/α-hetero) is 1. The van der Waals surface area contributed by atoms with E-state index in [1.54, 1.807) is 0 Å². The maximum Gasteiger partial charge on any atom is 0.260 e. The Morgan fingerprint density at radius 2 is 2.19 bits per heavy atom. The van der Waals surface area contributed by atoms with Gasteiger partial charge in [0.1, 0.15) is 0 Å². The van der Waals surface area contributed by atoms with Gasteiger partial charge >= 0.3 is 0 Å². The number of thiazole rings is 1. The highest BCUT2D eigenvalue weighted by Gasteiger charge is 2.32. The minimum absolute atomic E-state index is 0.0392. The van der Waals surface area contributed by atoms with Crippen molar-refractivity contribution in [1.29, 1.82) is 0 Å². The molecule has 6 nitrogen and oxygen atoms in total. The summed E-state index contributed by atoms with van der Waals surface area (Å²) in [6.45, 7) is 4.01. The van der Waals surface area contributed by atoms with E-state index in [2.05, 4.69) is 10.1 Å². The Kier molecular flexibility index (Phi) is 2.42. The number of hydrogen-bond donors (Lipinski definition) is 1. The van der Waals surface area contributed by atoms with E-state index in [1.807, 2.05) is 13.8 Å². The Morgan fingerprint density at radius 1 is 1.50 bits per heavy atom. The lowest BCUT2D eigenvalue weighted by molar-refractivity contribution is -0.490. The van der Waals surface area contributed by atoms with Gasteiger partial charge in [-0.25, -0.2) is 10.1 Å². The van der Waals surface area contributed by atoms with Crippen LogP contribution in [0.4, 0.5) is 0 Å². The minimum Gasteiger partial charge on any atom is -0.329 e. The first kappa shape index (κ1) is 11.0. The maximum absolute atomic E-state index is 11.8. The number of H-pyrrole nitrogens is 1. The lowest BCUT2D eigenvalue weighted by Crippen LogP contribution is -2.26. The Hall–Kier alpha value is -1.50. The number of hydrogen-bond acceptors (Lipinski definition) is 4. The Morgan fingerprint density at radius 3 is 2.81 bits per heavy atom. The zero-order valence-corrected chi connectivity index (χ0v) is 9.76. The van der Waals surface area contributed by atoms with E-state index in [1.165, 1.54) is 0 Å². The van der Waals surface area contributed by atoms with Crippen molar-refractivity contribution < 1.29 is 9.83 Å². The van der Waals surface area contributed by atoms with Crippen molar-refractivity contribution in [2.24, 2.45) is 10.5 Å². The molecular weight excluding hydrogens is 230 g/mol. The zero-order chi connectivity index (χ0) is 11.9. The monoisotopic (exact) mass is 241 g/mol. The van der Waals surface area contributed by atoms with Crippen molar-refractivity contribution in [2.75, 3.05) is 0 Å². The van der Waals surface area contributed by atoms with Crippen molar-refractivity contribution in [3.05, 3.63) is 25.5 Å². The van der Waals surface area contributed by atoms with Crippen LogP contribution in [-0.4, -0.2) is 15.8 Å². The molecule has 2 rings (SSSR count). The molecule has 1 N–H and O–H groups in total. The molecule has 1 aliphatic rings.